The predicted octanol–water partition coefficient (Wildman–Crippen LogP) is 4.69. The van der Waals surface area contributed by atoms with Crippen LogP contribution in [0.1, 0.15) is 22.0 Å². The zero-order chi connectivity index (χ0) is 21.8. The monoisotopic (exact) mass is 414 g/mol. The van der Waals surface area contributed by atoms with Gasteiger partial charge in [-0.15, -0.1) is 0 Å². The highest BCUT2D eigenvalue weighted by Gasteiger charge is 2.25. The van der Waals surface area contributed by atoms with Gasteiger partial charge in [0.05, 0.1) is 18.4 Å². The molecule has 0 aliphatic carbocycles. The first-order valence-corrected chi connectivity index (χ1v) is 9.67. The van der Waals surface area contributed by atoms with Gasteiger partial charge < -0.3 is 10.1 Å². The zero-order valence-electron chi connectivity index (χ0n) is 16.7. The fourth-order valence-electron chi connectivity index (χ4n) is 3.41. The first-order chi connectivity index (χ1) is 15.1. The van der Waals surface area contributed by atoms with Crippen molar-refractivity contribution >= 4 is 22.8 Å². The molecule has 1 unspecified atom stereocenters. The van der Waals surface area contributed by atoms with Crippen LogP contribution in [0.4, 0.5) is 4.39 Å². The summed E-state index contributed by atoms with van der Waals surface area (Å²) in [6.45, 7) is 0. The maximum Gasteiger partial charge on any atom is 0.333 e. The highest BCUT2D eigenvalue weighted by Crippen LogP contribution is 2.27. The second kappa shape index (κ2) is 8.75. The van der Waals surface area contributed by atoms with Crippen molar-refractivity contribution < 1.29 is 18.7 Å². The van der Waals surface area contributed by atoms with E-state index in [-0.39, 0.29) is 11.1 Å². The number of hydrogen-bond acceptors (Lipinski definition) is 4. The summed E-state index contributed by atoms with van der Waals surface area (Å²) >= 11 is 0. The number of carbonyl (C=O) groups is 2. The molecule has 0 aliphatic heterocycles. The SMILES string of the molecule is COC(=O)C(NC(=O)c1cc(-c2ccccc2)nc2c(F)cccc12)c1ccccc1. The number of nitrogens with zero attached hydrogens (tertiary/aromatic N) is 1. The van der Waals surface area contributed by atoms with Crippen LogP contribution in [0.2, 0.25) is 0 Å². The number of esters is 1. The van der Waals surface area contributed by atoms with E-state index in [9.17, 15) is 14.0 Å². The van der Waals surface area contributed by atoms with E-state index in [2.05, 4.69) is 10.3 Å². The van der Waals surface area contributed by atoms with Gasteiger partial charge in [-0.1, -0.05) is 72.8 Å². The number of benzene rings is 3. The summed E-state index contributed by atoms with van der Waals surface area (Å²) in [5, 5.41) is 3.08. The minimum Gasteiger partial charge on any atom is -0.467 e. The van der Waals surface area contributed by atoms with Crippen LogP contribution >= 0.6 is 0 Å². The van der Waals surface area contributed by atoms with Crippen LogP contribution in [0.5, 0.6) is 0 Å². The predicted molar refractivity (Wildman–Crippen MR) is 116 cm³/mol. The Morgan fingerprint density at radius 2 is 1.61 bits per heavy atom. The molecule has 1 aromatic heterocycles. The average Bonchev–Trinajstić information content (AvgIpc) is 2.82. The van der Waals surface area contributed by atoms with Gasteiger partial charge in [0, 0.05) is 10.9 Å². The molecule has 154 valence electrons. The van der Waals surface area contributed by atoms with Crippen LogP contribution in [-0.2, 0) is 9.53 Å². The van der Waals surface area contributed by atoms with Crippen LogP contribution in [0.25, 0.3) is 22.2 Å². The number of fused-ring (bicyclic) bond motifs is 1. The van der Waals surface area contributed by atoms with E-state index in [1.54, 1.807) is 36.4 Å². The number of rotatable bonds is 5. The molecule has 31 heavy (non-hydrogen) atoms. The van der Waals surface area contributed by atoms with E-state index in [1.807, 2.05) is 36.4 Å². The van der Waals surface area contributed by atoms with Gasteiger partial charge >= 0.3 is 5.97 Å². The highest BCUT2D eigenvalue weighted by molar-refractivity contribution is 6.08. The molecule has 3 aromatic carbocycles. The molecule has 0 spiro atoms. The molecule has 0 saturated carbocycles. The van der Waals surface area contributed by atoms with Gasteiger partial charge in [-0.25, -0.2) is 14.2 Å². The Kier molecular flexibility index (Phi) is 5.71. The molecule has 1 amide bonds. The molecule has 1 atom stereocenters. The second-order valence-electron chi connectivity index (χ2n) is 6.90. The third-order valence-electron chi connectivity index (χ3n) is 4.95. The minimum absolute atomic E-state index is 0.0864. The Labute approximate surface area is 178 Å². The van der Waals surface area contributed by atoms with Crippen molar-refractivity contribution in [2.75, 3.05) is 7.11 Å². The number of aromatic nitrogens is 1. The highest BCUT2D eigenvalue weighted by atomic mass is 19.1. The van der Waals surface area contributed by atoms with Gasteiger partial charge in [0.15, 0.2) is 6.04 Å². The Hall–Kier alpha value is -4.06. The lowest BCUT2D eigenvalue weighted by atomic mass is 10.0. The van der Waals surface area contributed by atoms with E-state index in [4.69, 9.17) is 4.74 Å². The molecule has 0 radical (unpaired) electrons. The molecule has 1 heterocycles. The van der Waals surface area contributed by atoms with Crippen molar-refractivity contribution in [1.82, 2.24) is 10.3 Å². The molecular weight excluding hydrogens is 395 g/mol. The van der Waals surface area contributed by atoms with E-state index in [0.29, 0.717) is 16.6 Å². The fraction of sp³-hybridized carbons (Fsp3) is 0.0800. The number of pyridine rings is 1. The number of ether oxygens (including phenoxy) is 1. The quantitative estimate of drug-likeness (QED) is 0.481. The lowest BCUT2D eigenvalue weighted by Crippen LogP contribution is -2.34. The second-order valence-corrected chi connectivity index (χ2v) is 6.90. The van der Waals surface area contributed by atoms with Crippen LogP contribution in [0, 0.1) is 5.82 Å². The van der Waals surface area contributed by atoms with Gasteiger partial charge in [0.25, 0.3) is 5.91 Å². The molecule has 4 rings (SSSR count). The molecule has 4 aromatic rings. The molecule has 0 saturated heterocycles. The van der Waals surface area contributed by atoms with Crippen LogP contribution < -0.4 is 5.32 Å². The number of para-hydroxylation sites is 1. The summed E-state index contributed by atoms with van der Waals surface area (Å²) in [5.74, 6) is -1.67. The molecule has 5 nitrogen and oxygen atoms in total. The number of methoxy groups -OCH3 is 1. The minimum atomic E-state index is -1.00. The van der Waals surface area contributed by atoms with Gasteiger partial charge in [0.1, 0.15) is 11.3 Å². The Morgan fingerprint density at radius 3 is 2.29 bits per heavy atom. The molecule has 0 aliphatic rings. The number of nitrogens with one attached hydrogen (secondary N) is 1. The summed E-state index contributed by atoms with van der Waals surface area (Å²) in [5.41, 5.74) is 2.08. The number of carbonyl (C=O) groups excluding carboxylic acids is 2. The number of halogens is 1. The van der Waals surface area contributed by atoms with Crippen molar-refractivity contribution in [1.29, 1.82) is 0 Å². The normalized spacial score (nSPS) is 11.7. The Morgan fingerprint density at radius 1 is 0.935 bits per heavy atom. The molecule has 6 heteroatoms. The van der Waals surface area contributed by atoms with Crippen molar-refractivity contribution in [2.45, 2.75) is 6.04 Å². The van der Waals surface area contributed by atoms with E-state index in [0.717, 1.165) is 5.56 Å². The molecule has 0 bridgehead atoms. The average molecular weight is 414 g/mol. The summed E-state index contributed by atoms with van der Waals surface area (Å²) in [6.07, 6.45) is 0. The van der Waals surface area contributed by atoms with Crippen LogP contribution in [0.3, 0.4) is 0 Å². The maximum atomic E-state index is 14.6. The Balaban J connectivity index is 1.81. The van der Waals surface area contributed by atoms with Crippen molar-refractivity contribution in [2.24, 2.45) is 0 Å². The first-order valence-electron chi connectivity index (χ1n) is 9.67. The van der Waals surface area contributed by atoms with E-state index >= 15 is 0 Å². The van der Waals surface area contributed by atoms with Gasteiger partial charge in [-0.05, 0) is 17.7 Å². The summed E-state index contributed by atoms with van der Waals surface area (Å²) in [4.78, 5) is 30.1. The third kappa shape index (κ3) is 4.14. The van der Waals surface area contributed by atoms with Crippen molar-refractivity contribution in [3.8, 4) is 11.3 Å². The lowest BCUT2D eigenvalue weighted by Gasteiger charge is -2.18. The summed E-state index contributed by atoms with van der Waals surface area (Å²) in [6, 6.07) is 23.0. The standard InChI is InChI=1S/C25H19FN2O3/c1-31-25(30)22(17-11-6-3-7-12-17)28-24(29)19-15-21(16-9-4-2-5-10-16)27-23-18(19)13-8-14-20(23)26/h2-15,22H,1H3,(H,28,29). The third-order valence-corrected chi connectivity index (χ3v) is 4.95. The van der Waals surface area contributed by atoms with Crippen LogP contribution in [0.15, 0.2) is 84.9 Å². The van der Waals surface area contributed by atoms with Gasteiger partial charge in [0.2, 0.25) is 0 Å². The fourth-order valence-corrected chi connectivity index (χ4v) is 3.41. The van der Waals surface area contributed by atoms with Gasteiger partial charge in [-0.2, -0.15) is 0 Å². The van der Waals surface area contributed by atoms with E-state index in [1.165, 1.54) is 19.2 Å². The molecule has 0 fully saturated rings. The summed E-state index contributed by atoms with van der Waals surface area (Å²) < 4.78 is 19.4. The van der Waals surface area contributed by atoms with Crippen LogP contribution in [-0.4, -0.2) is 24.0 Å². The van der Waals surface area contributed by atoms with Crippen molar-refractivity contribution in [3.05, 3.63) is 102 Å². The molecule has 1 N–H and O–H groups in total. The van der Waals surface area contributed by atoms with E-state index < -0.39 is 23.7 Å². The lowest BCUT2D eigenvalue weighted by molar-refractivity contribution is -0.143. The number of hydrogen-bond donors (Lipinski definition) is 1. The Bertz CT molecular complexity index is 1240. The van der Waals surface area contributed by atoms with Gasteiger partial charge in [-0.3, -0.25) is 4.79 Å². The first kappa shape index (κ1) is 20.2. The van der Waals surface area contributed by atoms with Crippen molar-refractivity contribution in [3.63, 3.8) is 0 Å². The number of amides is 1. The molecular formula is C25H19FN2O3. The summed E-state index contributed by atoms with van der Waals surface area (Å²) in [7, 11) is 1.26. The topological polar surface area (TPSA) is 68.3 Å². The zero-order valence-corrected chi connectivity index (χ0v) is 16.7. The largest absolute Gasteiger partial charge is 0.467 e. The smallest absolute Gasteiger partial charge is 0.333 e. The maximum absolute atomic E-state index is 14.6.